The second kappa shape index (κ2) is 4.90. The fourth-order valence-corrected chi connectivity index (χ4v) is 1.97. The van der Waals surface area contributed by atoms with Gasteiger partial charge in [0.25, 0.3) is 0 Å². The highest BCUT2D eigenvalue weighted by Crippen LogP contribution is 2.30. The summed E-state index contributed by atoms with van der Waals surface area (Å²) in [6.45, 7) is 12.9. The van der Waals surface area contributed by atoms with Crippen LogP contribution in [0.2, 0.25) is 0 Å². The summed E-state index contributed by atoms with van der Waals surface area (Å²) < 4.78 is 6.22. The second-order valence-electron chi connectivity index (χ2n) is 4.99. The molecule has 0 aliphatic carbocycles. The zero-order valence-corrected chi connectivity index (χ0v) is 11.5. The molecule has 0 aliphatic heterocycles. The Morgan fingerprint density at radius 1 is 1.00 bits per heavy atom. The lowest BCUT2D eigenvalue weighted by Crippen LogP contribution is -2.31. The van der Waals surface area contributed by atoms with Crippen LogP contribution in [0, 0.1) is 20.8 Å². The van der Waals surface area contributed by atoms with Crippen LogP contribution in [0.1, 0.15) is 50.3 Å². The van der Waals surface area contributed by atoms with E-state index >= 15 is 0 Å². The van der Waals surface area contributed by atoms with Crippen molar-refractivity contribution >= 4 is 0 Å². The predicted octanol–water partition coefficient (Wildman–Crippen LogP) is 4.57. The van der Waals surface area contributed by atoms with Gasteiger partial charge in [0, 0.05) is 0 Å². The Kier molecular flexibility index (Phi) is 4.01. The van der Waals surface area contributed by atoms with Crippen molar-refractivity contribution in [3.05, 3.63) is 28.8 Å². The summed E-state index contributed by atoms with van der Waals surface area (Å²) in [6, 6.07) is 4.38. The molecule has 0 saturated heterocycles. The smallest absolute Gasteiger partial charge is 0.125 e. The first kappa shape index (κ1) is 13.1. The maximum Gasteiger partial charge on any atom is 0.125 e. The Labute approximate surface area is 99.8 Å². The minimum atomic E-state index is -0.0369. The van der Waals surface area contributed by atoms with Crippen LogP contribution in [-0.2, 0) is 0 Å². The molecule has 0 saturated carbocycles. The Balaban J connectivity index is 3.06. The molecule has 0 aromatic heterocycles. The third-order valence-corrected chi connectivity index (χ3v) is 3.45. The largest absolute Gasteiger partial charge is 0.487 e. The number of aryl methyl sites for hydroxylation is 3. The SMILES string of the molecule is CCC(C)(CC)Oc1c(C)cc(C)cc1C. The summed E-state index contributed by atoms with van der Waals surface area (Å²) in [4.78, 5) is 0. The van der Waals surface area contributed by atoms with Crippen molar-refractivity contribution in [2.75, 3.05) is 0 Å². The molecule has 0 spiro atoms. The van der Waals surface area contributed by atoms with Gasteiger partial charge in [0.2, 0.25) is 0 Å². The minimum absolute atomic E-state index is 0.0369. The number of hydrogen-bond acceptors (Lipinski definition) is 1. The highest BCUT2D eigenvalue weighted by atomic mass is 16.5. The topological polar surface area (TPSA) is 9.23 Å². The van der Waals surface area contributed by atoms with Crippen LogP contribution in [0.3, 0.4) is 0 Å². The molecule has 0 unspecified atom stereocenters. The van der Waals surface area contributed by atoms with Gasteiger partial charge in [-0.2, -0.15) is 0 Å². The van der Waals surface area contributed by atoms with Gasteiger partial charge in [-0.1, -0.05) is 31.5 Å². The molecule has 1 aromatic carbocycles. The molecule has 1 nitrogen and oxygen atoms in total. The molecule has 0 heterocycles. The molecule has 0 atom stereocenters. The summed E-state index contributed by atoms with van der Waals surface area (Å²) >= 11 is 0. The van der Waals surface area contributed by atoms with Gasteiger partial charge in [-0.25, -0.2) is 0 Å². The predicted molar refractivity (Wildman–Crippen MR) is 70.3 cm³/mol. The maximum atomic E-state index is 6.22. The molecule has 1 heteroatoms. The summed E-state index contributed by atoms with van der Waals surface area (Å²) in [7, 11) is 0. The highest BCUT2D eigenvalue weighted by molar-refractivity contribution is 5.43. The summed E-state index contributed by atoms with van der Waals surface area (Å²) in [5, 5.41) is 0. The highest BCUT2D eigenvalue weighted by Gasteiger charge is 2.23. The van der Waals surface area contributed by atoms with E-state index < -0.39 is 0 Å². The van der Waals surface area contributed by atoms with Gasteiger partial charge in [0.05, 0.1) is 0 Å². The van der Waals surface area contributed by atoms with E-state index in [0.717, 1.165) is 18.6 Å². The Morgan fingerprint density at radius 3 is 1.81 bits per heavy atom. The van der Waals surface area contributed by atoms with Crippen molar-refractivity contribution in [3.63, 3.8) is 0 Å². The number of rotatable bonds is 4. The van der Waals surface area contributed by atoms with Crippen LogP contribution in [-0.4, -0.2) is 5.60 Å². The molecule has 90 valence electrons. The third kappa shape index (κ3) is 2.78. The van der Waals surface area contributed by atoms with E-state index in [-0.39, 0.29) is 5.60 Å². The van der Waals surface area contributed by atoms with Crippen LogP contribution in [0.4, 0.5) is 0 Å². The van der Waals surface area contributed by atoms with Gasteiger partial charge in [-0.3, -0.25) is 0 Å². The fraction of sp³-hybridized carbons (Fsp3) is 0.600. The van der Waals surface area contributed by atoms with E-state index in [2.05, 4.69) is 53.7 Å². The minimum Gasteiger partial charge on any atom is -0.487 e. The van der Waals surface area contributed by atoms with Crippen molar-refractivity contribution in [2.45, 2.75) is 60.0 Å². The Morgan fingerprint density at radius 2 is 1.44 bits per heavy atom. The van der Waals surface area contributed by atoms with E-state index in [1.807, 2.05) is 0 Å². The lowest BCUT2D eigenvalue weighted by molar-refractivity contribution is 0.0786. The van der Waals surface area contributed by atoms with E-state index in [4.69, 9.17) is 4.74 Å². The fourth-order valence-electron chi connectivity index (χ4n) is 1.97. The zero-order chi connectivity index (χ0) is 12.3. The number of hydrogen-bond donors (Lipinski definition) is 0. The molecular weight excluding hydrogens is 196 g/mol. The Bertz CT molecular complexity index is 339. The molecule has 16 heavy (non-hydrogen) atoms. The van der Waals surface area contributed by atoms with Crippen molar-refractivity contribution in [2.24, 2.45) is 0 Å². The second-order valence-corrected chi connectivity index (χ2v) is 4.99. The van der Waals surface area contributed by atoms with Crippen molar-refractivity contribution in [1.82, 2.24) is 0 Å². The van der Waals surface area contributed by atoms with Gasteiger partial charge < -0.3 is 4.74 Å². The van der Waals surface area contributed by atoms with Gasteiger partial charge in [-0.15, -0.1) is 0 Å². The average molecular weight is 220 g/mol. The summed E-state index contributed by atoms with van der Waals surface area (Å²) in [5.74, 6) is 1.07. The molecular formula is C15H24O. The van der Waals surface area contributed by atoms with Crippen molar-refractivity contribution in [1.29, 1.82) is 0 Å². The molecule has 0 amide bonds. The van der Waals surface area contributed by atoms with Crippen LogP contribution >= 0.6 is 0 Å². The normalized spacial score (nSPS) is 11.6. The molecule has 0 aliphatic rings. The lowest BCUT2D eigenvalue weighted by atomic mass is 9.99. The van der Waals surface area contributed by atoms with Crippen molar-refractivity contribution < 1.29 is 4.74 Å². The van der Waals surface area contributed by atoms with Gasteiger partial charge in [0.1, 0.15) is 11.4 Å². The number of ether oxygens (including phenoxy) is 1. The molecule has 0 N–H and O–H groups in total. The van der Waals surface area contributed by atoms with Crippen LogP contribution < -0.4 is 4.74 Å². The van der Waals surface area contributed by atoms with Gasteiger partial charge >= 0.3 is 0 Å². The first-order valence-electron chi connectivity index (χ1n) is 6.18. The monoisotopic (exact) mass is 220 g/mol. The molecule has 0 radical (unpaired) electrons. The molecule has 0 fully saturated rings. The van der Waals surface area contributed by atoms with Crippen LogP contribution in [0.25, 0.3) is 0 Å². The summed E-state index contributed by atoms with van der Waals surface area (Å²) in [6.07, 6.45) is 2.08. The summed E-state index contributed by atoms with van der Waals surface area (Å²) in [5.41, 5.74) is 3.75. The standard InChI is InChI=1S/C15H24O/c1-7-15(6,8-2)16-14-12(4)9-11(3)10-13(14)5/h9-10H,7-8H2,1-6H3. The van der Waals surface area contributed by atoms with Crippen molar-refractivity contribution in [3.8, 4) is 5.75 Å². The average Bonchev–Trinajstić information content (AvgIpc) is 2.23. The first-order chi connectivity index (χ1) is 7.41. The van der Waals surface area contributed by atoms with Gasteiger partial charge in [-0.05, 0) is 51.7 Å². The zero-order valence-electron chi connectivity index (χ0n) is 11.5. The molecule has 0 bridgehead atoms. The van der Waals surface area contributed by atoms with Crippen LogP contribution in [0.5, 0.6) is 5.75 Å². The van der Waals surface area contributed by atoms with E-state index in [1.54, 1.807) is 0 Å². The number of benzene rings is 1. The molecule has 1 rings (SSSR count). The van der Waals surface area contributed by atoms with E-state index in [1.165, 1.54) is 16.7 Å². The molecule has 1 aromatic rings. The third-order valence-electron chi connectivity index (χ3n) is 3.45. The lowest BCUT2D eigenvalue weighted by Gasteiger charge is -2.30. The van der Waals surface area contributed by atoms with Gasteiger partial charge in [0.15, 0.2) is 0 Å². The first-order valence-corrected chi connectivity index (χ1v) is 6.18. The quantitative estimate of drug-likeness (QED) is 0.722. The van der Waals surface area contributed by atoms with Crippen LogP contribution in [0.15, 0.2) is 12.1 Å². The Hall–Kier alpha value is -0.980. The van der Waals surface area contributed by atoms with E-state index in [0.29, 0.717) is 0 Å². The maximum absolute atomic E-state index is 6.22. The van der Waals surface area contributed by atoms with E-state index in [9.17, 15) is 0 Å².